The molecule has 0 saturated carbocycles. The molecule has 1 heteroatoms. The van der Waals surface area contributed by atoms with Crippen molar-refractivity contribution in [3.8, 4) is 0 Å². The maximum absolute atomic E-state index is 4.21. The highest BCUT2D eigenvalue weighted by Gasteiger charge is 2.23. The van der Waals surface area contributed by atoms with E-state index < -0.39 is 0 Å². The van der Waals surface area contributed by atoms with Gasteiger partial charge in [-0.1, -0.05) is 47.4 Å². The van der Waals surface area contributed by atoms with Crippen LogP contribution in [0.1, 0.15) is 41.5 Å². The average Bonchev–Trinajstić information content (AvgIpc) is 1.59. The fraction of sp³-hybridized carbons (Fsp3) is 0.889. The van der Waals surface area contributed by atoms with Crippen LogP contribution in [-0.2, 0) is 0 Å². The molecule has 0 radical (unpaired) electrons. The monoisotopic (exact) mass is 160 g/mol. The number of hydrogen-bond acceptors (Lipinski definition) is 0. The molecule has 0 heterocycles. The van der Waals surface area contributed by atoms with E-state index in [1.54, 1.807) is 0 Å². The molecule has 0 nitrogen and oxygen atoms in total. The van der Waals surface area contributed by atoms with Crippen molar-refractivity contribution in [3.63, 3.8) is 0 Å². The SMILES string of the molecule is C=S(C(C)(C)C)C(C)(C)C. The summed E-state index contributed by atoms with van der Waals surface area (Å²) in [5, 5.41) is 0. The summed E-state index contributed by atoms with van der Waals surface area (Å²) in [7, 11) is 0.245. The topological polar surface area (TPSA) is 0 Å². The van der Waals surface area contributed by atoms with Crippen molar-refractivity contribution in [2.75, 3.05) is 0 Å². The first kappa shape index (κ1) is 10.2. The lowest BCUT2D eigenvalue weighted by Gasteiger charge is -2.34. The third-order valence-electron chi connectivity index (χ3n) is 1.48. The van der Waals surface area contributed by atoms with Gasteiger partial charge in [-0.15, -0.1) is 0 Å². The van der Waals surface area contributed by atoms with Crippen molar-refractivity contribution in [1.29, 1.82) is 0 Å². The molecule has 62 valence electrons. The van der Waals surface area contributed by atoms with Crippen molar-refractivity contribution in [2.45, 2.75) is 51.0 Å². The minimum absolute atomic E-state index is 0.245. The third kappa shape index (κ3) is 2.87. The van der Waals surface area contributed by atoms with Crippen molar-refractivity contribution in [2.24, 2.45) is 0 Å². The zero-order valence-electron chi connectivity index (χ0n) is 8.12. The Kier molecular flexibility index (Phi) is 2.75. The lowest BCUT2D eigenvalue weighted by Crippen LogP contribution is -2.23. The molecule has 0 amide bonds. The number of rotatable bonds is 0. The van der Waals surface area contributed by atoms with E-state index >= 15 is 0 Å². The van der Waals surface area contributed by atoms with Gasteiger partial charge in [-0.25, -0.2) is 0 Å². The summed E-state index contributed by atoms with van der Waals surface area (Å²) in [6, 6.07) is 0. The standard InChI is InChI=1S/C9H20S/c1-8(2,3)10(7)9(4,5)6/h7H2,1-6H3. The van der Waals surface area contributed by atoms with Gasteiger partial charge >= 0.3 is 0 Å². The van der Waals surface area contributed by atoms with E-state index in [1.807, 2.05) is 0 Å². The summed E-state index contributed by atoms with van der Waals surface area (Å²) in [4.78, 5) is 0. The van der Waals surface area contributed by atoms with Gasteiger partial charge in [-0.05, 0) is 0 Å². The molecule has 0 atom stereocenters. The van der Waals surface area contributed by atoms with Crippen LogP contribution in [0.3, 0.4) is 0 Å². The fourth-order valence-electron chi connectivity index (χ4n) is 0.919. The molecule has 0 fully saturated rings. The summed E-state index contributed by atoms with van der Waals surface area (Å²) >= 11 is 0. The molecule has 0 aliphatic heterocycles. The van der Waals surface area contributed by atoms with Gasteiger partial charge in [-0.2, -0.15) is 10.5 Å². The molecule has 0 aromatic heterocycles. The minimum Gasteiger partial charge on any atom is -0.182 e. The van der Waals surface area contributed by atoms with E-state index in [1.165, 1.54) is 0 Å². The van der Waals surface area contributed by atoms with Crippen LogP contribution in [0.25, 0.3) is 0 Å². The highest BCUT2D eigenvalue weighted by molar-refractivity contribution is 8.16. The van der Waals surface area contributed by atoms with Gasteiger partial charge in [0.1, 0.15) is 0 Å². The van der Waals surface area contributed by atoms with Crippen LogP contribution >= 0.6 is 10.5 Å². The van der Waals surface area contributed by atoms with E-state index in [-0.39, 0.29) is 10.5 Å². The Balaban J connectivity index is 4.40. The normalized spacial score (nSPS) is 14.3. The van der Waals surface area contributed by atoms with Crippen LogP contribution in [0.2, 0.25) is 0 Å². The molecule has 0 N–H and O–H groups in total. The first-order valence-corrected chi connectivity index (χ1v) is 5.09. The van der Waals surface area contributed by atoms with E-state index in [0.29, 0.717) is 9.49 Å². The second-order valence-corrected chi connectivity index (χ2v) is 7.85. The Morgan fingerprint density at radius 3 is 1.00 bits per heavy atom. The molecule has 0 rings (SSSR count). The predicted molar refractivity (Wildman–Crippen MR) is 54.2 cm³/mol. The minimum atomic E-state index is 0.245. The molecule has 0 saturated heterocycles. The van der Waals surface area contributed by atoms with Crippen molar-refractivity contribution < 1.29 is 0 Å². The Morgan fingerprint density at radius 2 is 1.00 bits per heavy atom. The van der Waals surface area contributed by atoms with Gasteiger partial charge in [0.15, 0.2) is 0 Å². The lowest BCUT2D eigenvalue weighted by molar-refractivity contribution is 0.738. The van der Waals surface area contributed by atoms with Crippen LogP contribution in [0.4, 0.5) is 0 Å². The van der Waals surface area contributed by atoms with Crippen LogP contribution < -0.4 is 0 Å². The molecule has 0 aromatic carbocycles. The van der Waals surface area contributed by atoms with E-state index in [4.69, 9.17) is 0 Å². The summed E-state index contributed by atoms with van der Waals surface area (Å²) in [5.74, 6) is 4.21. The summed E-state index contributed by atoms with van der Waals surface area (Å²) in [5.41, 5.74) is 0. The molecule has 0 aliphatic carbocycles. The second-order valence-electron chi connectivity index (χ2n) is 4.62. The lowest BCUT2D eigenvalue weighted by atomic mass is 10.2. The Morgan fingerprint density at radius 1 is 0.800 bits per heavy atom. The molecular weight excluding hydrogens is 140 g/mol. The zero-order chi connectivity index (χ0) is 8.58. The van der Waals surface area contributed by atoms with Gasteiger partial charge in [-0.3, -0.25) is 0 Å². The third-order valence-corrected chi connectivity index (χ3v) is 4.44. The molecule has 0 unspecified atom stereocenters. The van der Waals surface area contributed by atoms with E-state index in [2.05, 4.69) is 47.4 Å². The highest BCUT2D eigenvalue weighted by Crippen LogP contribution is 2.41. The summed E-state index contributed by atoms with van der Waals surface area (Å²) in [6.07, 6.45) is 0. The highest BCUT2D eigenvalue weighted by atomic mass is 32.2. The maximum Gasteiger partial charge on any atom is 0.00251 e. The largest absolute Gasteiger partial charge is 0.182 e. The smallest absolute Gasteiger partial charge is 0.00251 e. The summed E-state index contributed by atoms with van der Waals surface area (Å²) < 4.78 is 0.719. The first-order valence-electron chi connectivity index (χ1n) is 3.70. The molecular formula is C9H20S. The second kappa shape index (κ2) is 2.69. The summed E-state index contributed by atoms with van der Waals surface area (Å²) in [6.45, 7) is 13.5. The molecule has 10 heavy (non-hydrogen) atoms. The zero-order valence-corrected chi connectivity index (χ0v) is 8.93. The maximum atomic E-state index is 4.21. The van der Waals surface area contributed by atoms with Gasteiger partial charge in [0.25, 0.3) is 0 Å². The van der Waals surface area contributed by atoms with Crippen LogP contribution in [0.5, 0.6) is 0 Å². The fourth-order valence-corrected chi connectivity index (χ4v) is 2.76. The van der Waals surface area contributed by atoms with Crippen LogP contribution in [-0.4, -0.2) is 15.4 Å². The number of hydrogen-bond donors (Lipinski definition) is 0. The predicted octanol–water partition coefficient (Wildman–Crippen LogP) is 3.28. The molecule has 0 aliphatic rings. The van der Waals surface area contributed by atoms with Crippen LogP contribution in [0.15, 0.2) is 0 Å². The van der Waals surface area contributed by atoms with Gasteiger partial charge in [0.2, 0.25) is 0 Å². The van der Waals surface area contributed by atoms with Crippen molar-refractivity contribution in [3.05, 3.63) is 0 Å². The Hall–Kier alpha value is 0.220. The Labute approximate surface area is 68.0 Å². The average molecular weight is 160 g/mol. The van der Waals surface area contributed by atoms with Gasteiger partial charge < -0.3 is 0 Å². The molecule has 0 spiro atoms. The van der Waals surface area contributed by atoms with Gasteiger partial charge in [0, 0.05) is 9.49 Å². The van der Waals surface area contributed by atoms with E-state index in [0.717, 1.165) is 0 Å². The molecule has 0 aromatic rings. The quantitative estimate of drug-likeness (QED) is 0.477. The Bertz CT molecular complexity index is 116. The van der Waals surface area contributed by atoms with Crippen molar-refractivity contribution in [1.82, 2.24) is 0 Å². The first-order chi connectivity index (χ1) is 4.15. The van der Waals surface area contributed by atoms with Gasteiger partial charge in [0.05, 0.1) is 0 Å². The molecule has 0 bridgehead atoms. The van der Waals surface area contributed by atoms with E-state index in [9.17, 15) is 0 Å². The van der Waals surface area contributed by atoms with Crippen molar-refractivity contribution >= 4 is 16.4 Å². The van der Waals surface area contributed by atoms with Crippen LogP contribution in [0, 0.1) is 0 Å².